The van der Waals surface area contributed by atoms with Crippen LogP contribution in [0.25, 0.3) is 0 Å². The highest BCUT2D eigenvalue weighted by molar-refractivity contribution is 7.99. The molecule has 0 aliphatic rings. The van der Waals surface area contributed by atoms with E-state index >= 15 is 0 Å². The van der Waals surface area contributed by atoms with Crippen LogP contribution < -0.4 is 5.73 Å². The molecule has 0 amide bonds. The fourth-order valence-corrected chi connectivity index (χ4v) is 2.01. The smallest absolute Gasteiger partial charge is 0.272 e. The number of hydrogen-bond acceptors (Lipinski definition) is 4. The fraction of sp³-hybridized carbons (Fsp3) is 0.400. The first kappa shape index (κ1) is 11.8. The van der Waals surface area contributed by atoms with Crippen LogP contribution in [0.15, 0.2) is 23.1 Å². The van der Waals surface area contributed by atoms with Crippen LogP contribution in [0.1, 0.15) is 13.8 Å². The SMILES string of the molecule is CC(C)CSc1cc(N)cc([N+](=O)[O-])c1. The standard InChI is InChI=1S/C10H14N2O2S/c1-7(2)6-15-10-4-8(11)3-9(5-10)12(13)14/h3-5,7H,6,11H2,1-2H3. The molecule has 0 spiro atoms. The van der Waals surface area contributed by atoms with Gasteiger partial charge in [-0.05, 0) is 12.0 Å². The molecule has 82 valence electrons. The van der Waals surface area contributed by atoms with Gasteiger partial charge in [-0.25, -0.2) is 0 Å². The maximum Gasteiger partial charge on any atom is 0.272 e. The van der Waals surface area contributed by atoms with Gasteiger partial charge in [-0.15, -0.1) is 11.8 Å². The molecule has 0 radical (unpaired) electrons. The second-order valence-electron chi connectivity index (χ2n) is 3.72. The maximum atomic E-state index is 10.6. The third-order valence-corrected chi connectivity index (χ3v) is 3.11. The molecule has 0 saturated heterocycles. The van der Waals surface area contributed by atoms with Gasteiger partial charge in [0.05, 0.1) is 4.92 Å². The van der Waals surface area contributed by atoms with E-state index in [4.69, 9.17) is 5.73 Å². The Labute approximate surface area is 93.0 Å². The van der Waals surface area contributed by atoms with Crippen molar-refractivity contribution < 1.29 is 4.92 Å². The Kier molecular flexibility index (Phi) is 3.96. The molecule has 4 nitrogen and oxygen atoms in total. The van der Waals surface area contributed by atoms with Gasteiger partial charge in [-0.3, -0.25) is 10.1 Å². The monoisotopic (exact) mass is 226 g/mol. The molecular formula is C10H14N2O2S. The van der Waals surface area contributed by atoms with Crippen molar-refractivity contribution in [1.82, 2.24) is 0 Å². The van der Waals surface area contributed by atoms with Crippen molar-refractivity contribution in [2.24, 2.45) is 5.92 Å². The molecule has 0 unspecified atom stereocenters. The molecule has 1 rings (SSSR count). The zero-order valence-corrected chi connectivity index (χ0v) is 9.58. The Morgan fingerprint density at radius 1 is 1.47 bits per heavy atom. The van der Waals surface area contributed by atoms with Crippen molar-refractivity contribution in [3.05, 3.63) is 28.3 Å². The summed E-state index contributed by atoms with van der Waals surface area (Å²) < 4.78 is 0. The minimum Gasteiger partial charge on any atom is -0.398 e. The first-order valence-electron chi connectivity index (χ1n) is 4.67. The molecule has 0 aliphatic heterocycles. The van der Waals surface area contributed by atoms with E-state index < -0.39 is 4.92 Å². The molecule has 0 fully saturated rings. The van der Waals surface area contributed by atoms with Crippen LogP contribution in [0.2, 0.25) is 0 Å². The second kappa shape index (κ2) is 5.02. The number of anilines is 1. The highest BCUT2D eigenvalue weighted by Crippen LogP contribution is 2.27. The number of rotatable bonds is 4. The second-order valence-corrected chi connectivity index (χ2v) is 4.82. The number of nitrogen functional groups attached to an aromatic ring is 1. The van der Waals surface area contributed by atoms with Crippen LogP contribution in [-0.2, 0) is 0 Å². The summed E-state index contributed by atoms with van der Waals surface area (Å²) in [7, 11) is 0. The fourth-order valence-electron chi connectivity index (χ4n) is 1.06. The molecular weight excluding hydrogens is 212 g/mol. The van der Waals surface area contributed by atoms with Crippen LogP contribution in [0.5, 0.6) is 0 Å². The Bertz CT molecular complexity index is 366. The van der Waals surface area contributed by atoms with E-state index in [9.17, 15) is 10.1 Å². The molecule has 0 atom stereocenters. The van der Waals surface area contributed by atoms with Crippen LogP contribution in [0.3, 0.4) is 0 Å². The summed E-state index contributed by atoms with van der Waals surface area (Å²) in [5, 5.41) is 10.6. The van der Waals surface area contributed by atoms with E-state index in [2.05, 4.69) is 13.8 Å². The lowest BCUT2D eigenvalue weighted by molar-refractivity contribution is -0.385. The molecule has 0 bridgehead atoms. The molecule has 1 aromatic rings. The largest absolute Gasteiger partial charge is 0.398 e. The first-order valence-corrected chi connectivity index (χ1v) is 5.65. The summed E-state index contributed by atoms with van der Waals surface area (Å²) >= 11 is 1.59. The van der Waals surface area contributed by atoms with E-state index in [0.29, 0.717) is 11.6 Å². The normalized spacial score (nSPS) is 10.6. The summed E-state index contributed by atoms with van der Waals surface area (Å²) in [5.41, 5.74) is 6.08. The Balaban J connectivity index is 2.84. The highest BCUT2D eigenvalue weighted by Gasteiger charge is 2.08. The van der Waals surface area contributed by atoms with Gasteiger partial charge in [0.2, 0.25) is 0 Å². The molecule has 0 heterocycles. The van der Waals surface area contributed by atoms with Crippen LogP contribution >= 0.6 is 11.8 Å². The lowest BCUT2D eigenvalue weighted by Gasteiger charge is -2.05. The zero-order valence-electron chi connectivity index (χ0n) is 8.77. The lowest BCUT2D eigenvalue weighted by Crippen LogP contribution is -1.94. The van der Waals surface area contributed by atoms with Crippen molar-refractivity contribution in [1.29, 1.82) is 0 Å². The Hall–Kier alpha value is -1.23. The van der Waals surface area contributed by atoms with E-state index in [1.807, 2.05) is 0 Å². The van der Waals surface area contributed by atoms with E-state index in [0.717, 1.165) is 10.6 Å². The maximum absolute atomic E-state index is 10.6. The number of nitrogens with two attached hydrogens (primary N) is 1. The summed E-state index contributed by atoms with van der Waals surface area (Å²) in [6.45, 7) is 4.21. The highest BCUT2D eigenvalue weighted by atomic mass is 32.2. The van der Waals surface area contributed by atoms with Crippen molar-refractivity contribution >= 4 is 23.1 Å². The summed E-state index contributed by atoms with van der Waals surface area (Å²) in [4.78, 5) is 11.0. The Morgan fingerprint density at radius 2 is 2.13 bits per heavy atom. The predicted octanol–water partition coefficient (Wildman–Crippen LogP) is 2.93. The van der Waals surface area contributed by atoms with Crippen molar-refractivity contribution in [2.75, 3.05) is 11.5 Å². The number of nitro benzene ring substituents is 1. The molecule has 0 aromatic heterocycles. The number of thioether (sulfide) groups is 1. The van der Waals surface area contributed by atoms with Gasteiger partial charge in [0.1, 0.15) is 0 Å². The van der Waals surface area contributed by atoms with Crippen molar-refractivity contribution in [3.63, 3.8) is 0 Å². The quantitative estimate of drug-likeness (QED) is 0.371. The molecule has 0 aliphatic carbocycles. The third kappa shape index (κ3) is 3.79. The summed E-state index contributed by atoms with van der Waals surface area (Å²) in [6.07, 6.45) is 0. The third-order valence-electron chi connectivity index (χ3n) is 1.71. The van der Waals surface area contributed by atoms with Crippen LogP contribution in [0.4, 0.5) is 11.4 Å². The van der Waals surface area contributed by atoms with Gasteiger partial charge >= 0.3 is 0 Å². The van der Waals surface area contributed by atoms with E-state index in [1.54, 1.807) is 23.9 Å². The average molecular weight is 226 g/mol. The number of benzene rings is 1. The van der Waals surface area contributed by atoms with Crippen LogP contribution in [-0.4, -0.2) is 10.7 Å². The topological polar surface area (TPSA) is 69.2 Å². The minimum atomic E-state index is -0.421. The molecule has 15 heavy (non-hydrogen) atoms. The van der Waals surface area contributed by atoms with Gasteiger partial charge in [-0.1, -0.05) is 13.8 Å². The van der Waals surface area contributed by atoms with Gasteiger partial charge in [-0.2, -0.15) is 0 Å². The molecule has 0 saturated carbocycles. The Morgan fingerprint density at radius 3 is 2.67 bits per heavy atom. The van der Waals surface area contributed by atoms with Gasteiger partial charge in [0.25, 0.3) is 5.69 Å². The van der Waals surface area contributed by atoms with Crippen molar-refractivity contribution in [3.8, 4) is 0 Å². The summed E-state index contributed by atoms with van der Waals surface area (Å²) in [5.74, 6) is 1.48. The minimum absolute atomic E-state index is 0.0567. The molecule has 2 N–H and O–H groups in total. The average Bonchev–Trinajstić information content (AvgIpc) is 2.13. The van der Waals surface area contributed by atoms with Gasteiger partial charge in [0.15, 0.2) is 0 Å². The molecule has 5 heteroatoms. The number of nitro groups is 1. The van der Waals surface area contributed by atoms with Crippen LogP contribution in [0, 0.1) is 16.0 Å². The van der Waals surface area contributed by atoms with E-state index in [-0.39, 0.29) is 5.69 Å². The first-order chi connectivity index (χ1) is 6.99. The number of nitrogens with zero attached hydrogens (tertiary/aromatic N) is 1. The number of hydrogen-bond donors (Lipinski definition) is 1. The zero-order chi connectivity index (χ0) is 11.4. The molecule has 1 aromatic carbocycles. The van der Waals surface area contributed by atoms with Gasteiger partial charge < -0.3 is 5.73 Å². The lowest BCUT2D eigenvalue weighted by atomic mass is 10.3. The summed E-state index contributed by atoms with van der Waals surface area (Å²) in [6, 6.07) is 4.70. The van der Waals surface area contributed by atoms with E-state index in [1.165, 1.54) is 6.07 Å². The predicted molar refractivity (Wildman–Crippen MR) is 63.1 cm³/mol. The van der Waals surface area contributed by atoms with Gasteiger partial charge in [0, 0.05) is 28.5 Å². The van der Waals surface area contributed by atoms with Crippen molar-refractivity contribution in [2.45, 2.75) is 18.7 Å². The number of non-ortho nitro benzene ring substituents is 1.